The van der Waals surface area contributed by atoms with Gasteiger partial charge < -0.3 is 4.74 Å². The minimum atomic E-state index is -6.10. The molecule has 0 N–H and O–H groups in total. The van der Waals surface area contributed by atoms with Crippen LogP contribution in [0.4, 0.5) is 30.7 Å². The van der Waals surface area contributed by atoms with Gasteiger partial charge in [0.2, 0.25) is 5.76 Å². The molecule has 0 unspecified atom stereocenters. The topological polar surface area (TPSA) is 9.23 Å². The molecule has 0 saturated heterocycles. The van der Waals surface area contributed by atoms with Crippen molar-refractivity contribution in [2.24, 2.45) is 0 Å². The van der Waals surface area contributed by atoms with Crippen LogP contribution >= 0.6 is 0 Å². The molecule has 0 bridgehead atoms. The minimum absolute atomic E-state index is 0.300. The van der Waals surface area contributed by atoms with Crippen LogP contribution in [-0.2, 0) is 4.74 Å². The van der Waals surface area contributed by atoms with E-state index in [4.69, 9.17) is 0 Å². The summed E-state index contributed by atoms with van der Waals surface area (Å²) in [6, 6.07) is 0. The monoisotopic (exact) mass is 212 g/mol. The van der Waals surface area contributed by atoms with Crippen molar-refractivity contribution >= 4 is 0 Å². The highest BCUT2D eigenvalue weighted by atomic mass is 19.4. The molecule has 0 radical (unpaired) electrons. The maximum atomic E-state index is 12.1. The molecule has 0 amide bonds. The predicted molar refractivity (Wildman–Crippen MR) is 27.3 cm³/mol. The van der Waals surface area contributed by atoms with Crippen LogP contribution < -0.4 is 0 Å². The van der Waals surface area contributed by atoms with E-state index in [0.717, 1.165) is 0 Å². The van der Waals surface area contributed by atoms with E-state index < -0.39 is 23.9 Å². The highest BCUT2D eigenvalue weighted by Crippen LogP contribution is 2.42. The molecule has 78 valence electrons. The Morgan fingerprint density at radius 3 is 1.46 bits per heavy atom. The van der Waals surface area contributed by atoms with Crippen LogP contribution in [0.2, 0.25) is 0 Å². The lowest BCUT2D eigenvalue weighted by Gasteiger charge is -2.20. The highest BCUT2D eigenvalue weighted by molar-refractivity contribution is 5.09. The molecule has 0 rings (SSSR count). The number of methoxy groups -OCH3 is 1. The largest absolute Gasteiger partial charge is 0.490 e. The van der Waals surface area contributed by atoms with Crippen LogP contribution in [0.15, 0.2) is 11.8 Å². The Labute approximate surface area is 67.8 Å². The van der Waals surface area contributed by atoms with Crippen LogP contribution in [0.1, 0.15) is 0 Å². The number of halogens is 7. The SMILES string of the molecule is COC(=C(F)F)C(F)(F)C(F)(F)F. The average molecular weight is 212 g/mol. The maximum Gasteiger partial charge on any atom is 0.461 e. The first-order valence-corrected chi connectivity index (χ1v) is 2.69. The van der Waals surface area contributed by atoms with E-state index in [1.54, 1.807) is 0 Å². The van der Waals surface area contributed by atoms with Crippen molar-refractivity contribution in [2.75, 3.05) is 7.11 Å². The molecule has 0 aliphatic heterocycles. The van der Waals surface area contributed by atoms with Gasteiger partial charge in [0, 0.05) is 0 Å². The summed E-state index contributed by atoms with van der Waals surface area (Å²) in [7, 11) is 0.300. The van der Waals surface area contributed by atoms with Crippen molar-refractivity contribution in [1.82, 2.24) is 0 Å². The third kappa shape index (κ3) is 2.25. The smallest absolute Gasteiger partial charge is 0.461 e. The lowest BCUT2D eigenvalue weighted by atomic mass is 10.3. The molecule has 0 aromatic heterocycles. The quantitative estimate of drug-likeness (QED) is 0.505. The summed E-state index contributed by atoms with van der Waals surface area (Å²) < 4.78 is 84.7. The lowest BCUT2D eigenvalue weighted by Crippen LogP contribution is -2.39. The van der Waals surface area contributed by atoms with Crippen molar-refractivity contribution in [3.8, 4) is 0 Å². The van der Waals surface area contributed by atoms with Gasteiger partial charge in [-0.1, -0.05) is 0 Å². The van der Waals surface area contributed by atoms with Gasteiger partial charge in [-0.2, -0.15) is 30.7 Å². The van der Waals surface area contributed by atoms with Crippen LogP contribution in [0, 0.1) is 0 Å². The van der Waals surface area contributed by atoms with Crippen LogP contribution in [0.25, 0.3) is 0 Å². The Kier molecular flexibility index (Phi) is 3.18. The van der Waals surface area contributed by atoms with Gasteiger partial charge in [0.05, 0.1) is 7.11 Å². The molecule has 13 heavy (non-hydrogen) atoms. The van der Waals surface area contributed by atoms with Crippen molar-refractivity contribution in [3.63, 3.8) is 0 Å². The third-order valence-electron chi connectivity index (χ3n) is 1.02. The molecule has 0 spiro atoms. The Morgan fingerprint density at radius 1 is 1.00 bits per heavy atom. The Balaban J connectivity index is 5.15. The van der Waals surface area contributed by atoms with Gasteiger partial charge in [0.25, 0.3) is 0 Å². The number of allylic oxidation sites excluding steroid dienone is 1. The van der Waals surface area contributed by atoms with Gasteiger partial charge in [-0.05, 0) is 0 Å². The fourth-order valence-corrected chi connectivity index (χ4v) is 0.453. The molecule has 0 heterocycles. The molecule has 1 nitrogen and oxygen atoms in total. The predicted octanol–water partition coefficient (Wildman–Crippen LogP) is 2.94. The van der Waals surface area contributed by atoms with Crippen LogP contribution in [-0.4, -0.2) is 19.2 Å². The van der Waals surface area contributed by atoms with Gasteiger partial charge >= 0.3 is 18.2 Å². The second-order valence-corrected chi connectivity index (χ2v) is 1.87. The number of hydrogen-bond acceptors (Lipinski definition) is 1. The van der Waals surface area contributed by atoms with Crippen molar-refractivity contribution < 1.29 is 35.5 Å². The molecule has 0 aromatic rings. The lowest BCUT2D eigenvalue weighted by molar-refractivity contribution is -0.277. The van der Waals surface area contributed by atoms with E-state index >= 15 is 0 Å². The van der Waals surface area contributed by atoms with Gasteiger partial charge in [-0.15, -0.1) is 0 Å². The molecule has 0 fully saturated rings. The number of alkyl halides is 5. The summed E-state index contributed by atoms with van der Waals surface area (Å²) in [5.74, 6) is -8.35. The van der Waals surface area contributed by atoms with E-state index in [-0.39, 0.29) is 0 Å². The fourth-order valence-electron chi connectivity index (χ4n) is 0.453. The normalized spacial score (nSPS) is 12.6. The molecule has 0 aliphatic rings. The van der Waals surface area contributed by atoms with E-state index in [9.17, 15) is 30.7 Å². The van der Waals surface area contributed by atoms with Crippen molar-refractivity contribution in [1.29, 1.82) is 0 Å². The first kappa shape index (κ1) is 12.0. The Morgan fingerprint density at radius 2 is 1.38 bits per heavy atom. The van der Waals surface area contributed by atoms with Gasteiger partial charge in [0.1, 0.15) is 0 Å². The van der Waals surface area contributed by atoms with Gasteiger partial charge in [-0.25, -0.2) is 0 Å². The molecule has 0 atom stereocenters. The summed E-state index contributed by atoms with van der Waals surface area (Å²) in [4.78, 5) is 0. The molecular formula is C5H3F7O. The number of rotatable bonds is 2. The summed E-state index contributed by atoms with van der Waals surface area (Å²) in [6.45, 7) is 0. The summed E-state index contributed by atoms with van der Waals surface area (Å²) in [6.07, 6.45) is -9.30. The fraction of sp³-hybridized carbons (Fsp3) is 0.600. The molecule has 0 aliphatic carbocycles. The minimum Gasteiger partial charge on any atom is -0.490 e. The molecule has 0 saturated carbocycles. The van der Waals surface area contributed by atoms with E-state index in [1.165, 1.54) is 0 Å². The summed E-state index contributed by atoms with van der Waals surface area (Å²) >= 11 is 0. The van der Waals surface area contributed by atoms with Gasteiger partial charge in [-0.3, -0.25) is 0 Å². The van der Waals surface area contributed by atoms with Crippen molar-refractivity contribution in [2.45, 2.75) is 12.1 Å². The Bertz CT molecular complexity index is 211. The van der Waals surface area contributed by atoms with Gasteiger partial charge in [0.15, 0.2) is 0 Å². The maximum absolute atomic E-state index is 12.1. The molecule has 8 heteroatoms. The van der Waals surface area contributed by atoms with E-state index in [1.807, 2.05) is 0 Å². The molecule has 0 aromatic carbocycles. The first-order chi connectivity index (χ1) is 5.64. The highest BCUT2D eigenvalue weighted by Gasteiger charge is 2.63. The zero-order chi connectivity index (χ0) is 10.9. The average Bonchev–Trinajstić information content (AvgIpc) is 1.83. The third-order valence-corrected chi connectivity index (χ3v) is 1.02. The van der Waals surface area contributed by atoms with Crippen LogP contribution in [0.5, 0.6) is 0 Å². The zero-order valence-electron chi connectivity index (χ0n) is 6.05. The summed E-state index contributed by atoms with van der Waals surface area (Å²) in [5, 5.41) is 0. The molecular weight excluding hydrogens is 209 g/mol. The second-order valence-electron chi connectivity index (χ2n) is 1.87. The Hall–Kier alpha value is -0.950. The van der Waals surface area contributed by atoms with Crippen molar-refractivity contribution in [3.05, 3.63) is 11.8 Å². The zero-order valence-corrected chi connectivity index (χ0v) is 6.05. The summed E-state index contributed by atoms with van der Waals surface area (Å²) in [5.41, 5.74) is 0. The van der Waals surface area contributed by atoms with Crippen LogP contribution in [0.3, 0.4) is 0 Å². The number of ether oxygens (including phenoxy) is 1. The second kappa shape index (κ2) is 3.43. The van der Waals surface area contributed by atoms with E-state index in [2.05, 4.69) is 4.74 Å². The first-order valence-electron chi connectivity index (χ1n) is 2.69. The standard InChI is InChI=1S/C5H3F7O/c1-13-2(3(6)7)4(8,9)5(10,11)12/h1H3. The number of hydrogen-bond donors (Lipinski definition) is 0. The van der Waals surface area contributed by atoms with E-state index in [0.29, 0.717) is 7.11 Å².